The lowest BCUT2D eigenvalue weighted by atomic mass is 9.83. The molecule has 3 aromatic rings. The highest BCUT2D eigenvalue weighted by atomic mass is 35.5. The van der Waals surface area contributed by atoms with Crippen molar-refractivity contribution in [2.75, 3.05) is 0 Å². The Morgan fingerprint density at radius 3 is 2.79 bits per heavy atom. The number of fused-ring (bicyclic) bond motifs is 2. The normalized spacial score (nSPS) is 16.6. The number of nitrogens with zero attached hydrogens (tertiary/aromatic N) is 2. The number of allylic oxidation sites excluding steroid dienone is 1. The van der Waals surface area contributed by atoms with Crippen molar-refractivity contribution in [3.63, 3.8) is 0 Å². The third-order valence-corrected chi connectivity index (χ3v) is 4.65. The third-order valence-electron chi connectivity index (χ3n) is 4.42. The van der Waals surface area contributed by atoms with Gasteiger partial charge in [0.2, 0.25) is 5.88 Å². The number of ether oxygens (including phenoxy) is 1. The molecule has 0 aliphatic carbocycles. The number of rotatable bonds is 1. The number of nitriles is 1. The molecular formula is C19H14ClN3O. The van der Waals surface area contributed by atoms with Crippen molar-refractivity contribution in [1.29, 1.82) is 5.26 Å². The summed E-state index contributed by atoms with van der Waals surface area (Å²) in [6.45, 7) is 0. The first kappa shape index (κ1) is 14.7. The molecule has 118 valence electrons. The molecule has 5 heteroatoms. The third kappa shape index (κ3) is 2.06. The molecule has 4 nitrogen and oxygen atoms in total. The Kier molecular flexibility index (Phi) is 3.26. The van der Waals surface area contributed by atoms with Gasteiger partial charge in [-0.1, -0.05) is 29.8 Å². The molecule has 0 spiro atoms. The maximum atomic E-state index is 9.66. The lowest BCUT2D eigenvalue weighted by molar-refractivity contribution is 0.394. The number of aromatic nitrogens is 1. The van der Waals surface area contributed by atoms with E-state index in [-0.39, 0.29) is 11.8 Å². The van der Waals surface area contributed by atoms with Crippen molar-refractivity contribution in [2.24, 2.45) is 12.8 Å². The summed E-state index contributed by atoms with van der Waals surface area (Å²) in [6.07, 6.45) is 2.04. The van der Waals surface area contributed by atoms with Crippen LogP contribution >= 0.6 is 11.6 Å². The van der Waals surface area contributed by atoms with Crippen LogP contribution in [-0.4, -0.2) is 4.57 Å². The standard InChI is InChI=1S/C19H14ClN3O/c1-23-10-15(12-4-2-3-5-16(12)23)18-13-8-11(20)6-7-17(13)24-19(22)14(18)9-21/h2-8,10,18H,22H2,1H3. The van der Waals surface area contributed by atoms with Crippen LogP contribution in [0.25, 0.3) is 10.9 Å². The number of hydrogen-bond donors (Lipinski definition) is 1. The van der Waals surface area contributed by atoms with Crippen LogP contribution in [0.2, 0.25) is 5.02 Å². The summed E-state index contributed by atoms with van der Waals surface area (Å²) < 4.78 is 7.68. The summed E-state index contributed by atoms with van der Waals surface area (Å²) in [5.41, 5.74) is 9.38. The number of aryl methyl sites for hydroxylation is 1. The lowest BCUT2D eigenvalue weighted by Gasteiger charge is -2.26. The van der Waals surface area contributed by atoms with Gasteiger partial charge in [-0.3, -0.25) is 0 Å². The second-order valence-corrected chi connectivity index (χ2v) is 6.26. The largest absolute Gasteiger partial charge is 0.440 e. The van der Waals surface area contributed by atoms with E-state index >= 15 is 0 Å². The average molecular weight is 336 g/mol. The van der Waals surface area contributed by atoms with E-state index in [1.165, 1.54) is 0 Å². The van der Waals surface area contributed by atoms with Gasteiger partial charge >= 0.3 is 0 Å². The van der Waals surface area contributed by atoms with Crippen LogP contribution in [0.1, 0.15) is 17.0 Å². The molecule has 1 aromatic heterocycles. The molecule has 0 saturated heterocycles. The Bertz CT molecular complexity index is 1040. The minimum Gasteiger partial charge on any atom is -0.440 e. The maximum Gasteiger partial charge on any atom is 0.205 e. The van der Waals surface area contributed by atoms with Crippen LogP contribution < -0.4 is 10.5 Å². The molecule has 1 unspecified atom stereocenters. The highest BCUT2D eigenvalue weighted by Gasteiger charge is 2.32. The number of benzene rings is 2. The Labute approximate surface area is 144 Å². The van der Waals surface area contributed by atoms with Gasteiger partial charge in [-0.2, -0.15) is 5.26 Å². The molecule has 0 bridgehead atoms. The number of para-hydroxylation sites is 1. The van der Waals surface area contributed by atoms with Gasteiger partial charge in [-0.15, -0.1) is 0 Å². The second-order valence-electron chi connectivity index (χ2n) is 5.82. The van der Waals surface area contributed by atoms with Crippen LogP contribution in [0.15, 0.2) is 60.1 Å². The van der Waals surface area contributed by atoms with E-state index in [4.69, 9.17) is 22.1 Å². The predicted octanol–water partition coefficient (Wildman–Crippen LogP) is 4.05. The highest BCUT2D eigenvalue weighted by molar-refractivity contribution is 6.30. The highest BCUT2D eigenvalue weighted by Crippen LogP contribution is 2.45. The van der Waals surface area contributed by atoms with E-state index < -0.39 is 0 Å². The molecule has 2 heterocycles. The van der Waals surface area contributed by atoms with Crippen LogP contribution in [0, 0.1) is 11.3 Å². The number of hydrogen-bond acceptors (Lipinski definition) is 3. The molecule has 0 saturated carbocycles. The van der Waals surface area contributed by atoms with Crippen LogP contribution in [0.5, 0.6) is 5.75 Å². The van der Waals surface area contributed by atoms with Gasteiger partial charge < -0.3 is 15.0 Å². The molecule has 0 amide bonds. The van der Waals surface area contributed by atoms with Gasteiger partial charge in [0, 0.05) is 34.7 Å². The Morgan fingerprint density at radius 2 is 2.00 bits per heavy atom. The fourth-order valence-electron chi connectivity index (χ4n) is 3.35. The zero-order chi connectivity index (χ0) is 16.8. The minimum absolute atomic E-state index is 0.144. The summed E-state index contributed by atoms with van der Waals surface area (Å²) in [5, 5.41) is 11.3. The Balaban J connectivity index is 2.05. The van der Waals surface area contributed by atoms with Crippen molar-refractivity contribution in [1.82, 2.24) is 4.57 Å². The second kappa shape index (κ2) is 5.33. The van der Waals surface area contributed by atoms with Gasteiger partial charge in [0.15, 0.2) is 0 Å². The van der Waals surface area contributed by atoms with E-state index in [2.05, 4.69) is 22.8 Å². The van der Waals surface area contributed by atoms with Gasteiger partial charge in [0.05, 0.1) is 5.92 Å². The first-order valence-corrected chi connectivity index (χ1v) is 7.89. The number of nitrogens with two attached hydrogens (primary N) is 1. The van der Waals surface area contributed by atoms with Crippen LogP contribution in [-0.2, 0) is 7.05 Å². The molecule has 0 radical (unpaired) electrons. The molecule has 1 aliphatic heterocycles. The molecule has 1 atom stereocenters. The summed E-state index contributed by atoms with van der Waals surface area (Å²) in [6, 6.07) is 15.7. The average Bonchev–Trinajstić information content (AvgIpc) is 2.91. The fraction of sp³-hybridized carbons (Fsp3) is 0.105. The molecule has 0 fully saturated rings. The molecule has 1 aliphatic rings. The summed E-state index contributed by atoms with van der Waals surface area (Å²) >= 11 is 6.19. The molecule has 2 N–H and O–H groups in total. The van der Waals surface area contributed by atoms with Crippen LogP contribution in [0.4, 0.5) is 0 Å². The SMILES string of the molecule is Cn1cc(C2C(C#N)=C(N)Oc3ccc(Cl)cc32)c2ccccc21. The Morgan fingerprint density at radius 1 is 1.21 bits per heavy atom. The van der Waals surface area contributed by atoms with Crippen molar-refractivity contribution < 1.29 is 4.74 Å². The first-order chi connectivity index (χ1) is 11.6. The van der Waals surface area contributed by atoms with Gasteiger partial charge in [0.1, 0.15) is 17.4 Å². The zero-order valence-corrected chi connectivity index (χ0v) is 13.7. The summed E-state index contributed by atoms with van der Waals surface area (Å²) in [4.78, 5) is 0. The predicted molar refractivity (Wildman–Crippen MR) is 93.7 cm³/mol. The van der Waals surface area contributed by atoms with Crippen molar-refractivity contribution in [3.8, 4) is 11.8 Å². The van der Waals surface area contributed by atoms with Gasteiger partial charge in [-0.05, 0) is 29.8 Å². The van der Waals surface area contributed by atoms with Gasteiger partial charge in [0.25, 0.3) is 0 Å². The quantitative estimate of drug-likeness (QED) is 0.729. The molecular weight excluding hydrogens is 322 g/mol. The number of halogens is 1. The monoisotopic (exact) mass is 335 g/mol. The van der Waals surface area contributed by atoms with E-state index in [0.717, 1.165) is 22.0 Å². The molecule has 24 heavy (non-hydrogen) atoms. The molecule has 2 aromatic carbocycles. The van der Waals surface area contributed by atoms with Crippen LogP contribution in [0.3, 0.4) is 0 Å². The summed E-state index contributed by atoms with van der Waals surface area (Å²) in [7, 11) is 1.99. The van der Waals surface area contributed by atoms with E-state index in [0.29, 0.717) is 16.3 Å². The first-order valence-electron chi connectivity index (χ1n) is 7.51. The van der Waals surface area contributed by atoms with E-state index in [1.54, 1.807) is 12.1 Å². The maximum absolute atomic E-state index is 9.66. The van der Waals surface area contributed by atoms with E-state index in [9.17, 15) is 5.26 Å². The van der Waals surface area contributed by atoms with E-state index in [1.807, 2.05) is 31.4 Å². The zero-order valence-electron chi connectivity index (χ0n) is 13.0. The topological polar surface area (TPSA) is 64.0 Å². The lowest BCUT2D eigenvalue weighted by Crippen LogP contribution is -2.20. The van der Waals surface area contributed by atoms with Crippen molar-refractivity contribution in [3.05, 3.63) is 76.3 Å². The smallest absolute Gasteiger partial charge is 0.205 e. The van der Waals surface area contributed by atoms with Crippen molar-refractivity contribution in [2.45, 2.75) is 5.92 Å². The van der Waals surface area contributed by atoms with Crippen molar-refractivity contribution >= 4 is 22.5 Å². The Hall–Kier alpha value is -2.90. The minimum atomic E-state index is -0.302. The summed E-state index contributed by atoms with van der Waals surface area (Å²) in [5.74, 6) is 0.475. The fourth-order valence-corrected chi connectivity index (χ4v) is 3.54. The van der Waals surface area contributed by atoms with Gasteiger partial charge in [-0.25, -0.2) is 0 Å². The molecule has 4 rings (SSSR count).